The van der Waals surface area contributed by atoms with Gasteiger partial charge in [-0.15, -0.1) is 0 Å². The maximum Gasteiger partial charge on any atom is 0.490 e. The number of pyridine rings is 1. The van der Waals surface area contributed by atoms with Gasteiger partial charge in [0, 0.05) is 48.6 Å². The number of carbonyl (C=O) groups excluding carboxylic acids is 1. The van der Waals surface area contributed by atoms with Crippen molar-refractivity contribution >= 4 is 40.3 Å². The third-order valence-electron chi connectivity index (χ3n) is 8.13. The Morgan fingerprint density at radius 1 is 0.811 bits per heavy atom. The number of hydrogen-bond donors (Lipinski definition) is 6. The SMILES string of the molecule is O=C(CCNCCc1cccc(Cl)c1)N(CCNCCc1ccc(O)c2[nH]c(=O)ccc12)C1CCCCCC1.O=C(O)C(F)(F)F.O=C(O)C(F)(F)F. The molecule has 11 nitrogen and oxygen atoms in total. The molecule has 1 aliphatic rings. The van der Waals surface area contributed by atoms with Gasteiger partial charge in [-0.3, -0.25) is 9.59 Å². The number of aromatic hydroxyl groups is 1. The van der Waals surface area contributed by atoms with E-state index in [4.69, 9.17) is 31.4 Å². The monoisotopic (exact) mass is 780 g/mol. The fourth-order valence-corrected chi connectivity index (χ4v) is 5.74. The number of aliphatic carboxylic acids is 2. The Bertz CT molecular complexity index is 1660. The Labute approximate surface area is 306 Å². The minimum absolute atomic E-state index is 0.0796. The molecule has 1 saturated carbocycles. The molecule has 0 aliphatic heterocycles. The molecule has 0 atom stereocenters. The number of fused-ring (bicyclic) bond motifs is 1. The first kappa shape index (κ1) is 44.8. The van der Waals surface area contributed by atoms with Gasteiger partial charge in [0.1, 0.15) is 5.75 Å². The van der Waals surface area contributed by atoms with E-state index in [-0.39, 0.29) is 17.2 Å². The number of amides is 1. The fraction of sp³-hybridized carbons (Fsp3) is 0.486. The smallest absolute Gasteiger partial charge is 0.490 e. The molecule has 0 radical (unpaired) electrons. The second kappa shape index (κ2) is 22.0. The van der Waals surface area contributed by atoms with Crippen molar-refractivity contribution in [3.8, 4) is 5.75 Å². The normalized spacial score (nSPS) is 13.6. The van der Waals surface area contributed by atoms with Crippen molar-refractivity contribution in [1.82, 2.24) is 20.5 Å². The van der Waals surface area contributed by atoms with Crippen molar-refractivity contribution in [3.63, 3.8) is 0 Å². The van der Waals surface area contributed by atoms with Crippen molar-refractivity contribution in [3.05, 3.63) is 75.0 Å². The molecule has 2 aromatic carbocycles. The maximum atomic E-state index is 13.3. The topological polar surface area (TPSA) is 172 Å². The number of halogens is 7. The number of nitrogens with zero attached hydrogens (tertiary/aromatic N) is 1. The van der Waals surface area contributed by atoms with Gasteiger partial charge >= 0.3 is 24.3 Å². The first-order valence-electron chi connectivity index (χ1n) is 16.8. The van der Waals surface area contributed by atoms with E-state index in [0.717, 1.165) is 61.3 Å². The minimum Gasteiger partial charge on any atom is -0.506 e. The second-order valence-corrected chi connectivity index (χ2v) is 12.5. The van der Waals surface area contributed by atoms with E-state index in [1.165, 1.54) is 37.3 Å². The molecule has 1 amide bonds. The van der Waals surface area contributed by atoms with Crippen LogP contribution in [-0.2, 0) is 27.2 Å². The summed E-state index contributed by atoms with van der Waals surface area (Å²) in [5, 5.41) is 32.9. The molecule has 0 unspecified atom stereocenters. The Kier molecular flexibility index (Phi) is 18.6. The second-order valence-electron chi connectivity index (χ2n) is 12.1. The lowest BCUT2D eigenvalue weighted by Crippen LogP contribution is -2.45. The van der Waals surface area contributed by atoms with Crippen molar-refractivity contribution < 1.29 is 56.0 Å². The van der Waals surface area contributed by atoms with E-state index in [1.807, 2.05) is 24.3 Å². The van der Waals surface area contributed by atoms with E-state index in [2.05, 4.69) is 26.6 Å². The summed E-state index contributed by atoms with van der Waals surface area (Å²) in [6.07, 6.45) is -0.942. The van der Waals surface area contributed by atoms with Crippen LogP contribution in [0.2, 0.25) is 5.02 Å². The molecular formula is C35H43ClF6N4O7. The lowest BCUT2D eigenvalue weighted by Gasteiger charge is -2.32. The van der Waals surface area contributed by atoms with Crippen LogP contribution in [-0.4, -0.2) is 94.2 Å². The molecule has 1 aliphatic carbocycles. The molecular weight excluding hydrogens is 738 g/mol. The van der Waals surface area contributed by atoms with Crippen molar-refractivity contribution in [2.24, 2.45) is 0 Å². The van der Waals surface area contributed by atoms with E-state index in [0.29, 0.717) is 31.1 Å². The fourth-order valence-electron chi connectivity index (χ4n) is 5.53. The third-order valence-corrected chi connectivity index (χ3v) is 8.37. The zero-order valence-corrected chi connectivity index (χ0v) is 29.4. The number of alkyl halides is 6. The van der Waals surface area contributed by atoms with Gasteiger partial charge in [0.25, 0.3) is 0 Å². The van der Waals surface area contributed by atoms with Crippen molar-refractivity contribution in [2.45, 2.75) is 76.2 Å². The summed E-state index contributed by atoms with van der Waals surface area (Å²) in [5.41, 5.74) is 2.51. The first-order chi connectivity index (χ1) is 24.9. The van der Waals surface area contributed by atoms with E-state index in [1.54, 1.807) is 12.1 Å². The van der Waals surface area contributed by atoms with Crippen molar-refractivity contribution in [2.75, 3.05) is 32.7 Å². The Balaban J connectivity index is 0.000000587. The number of hydrogen-bond acceptors (Lipinski definition) is 7. The highest BCUT2D eigenvalue weighted by Gasteiger charge is 2.39. The van der Waals surface area contributed by atoms with Gasteiger partial charge in [-0.2, -0.15) is 26.3 Å². The number of phenolic OH excluding ortho intramolecular Hbond substituents is 1. The number of carboxylic acids is 2. The Hall–Kier alpha value is -4.35. The maximum absolute atomic E-state index is 13.3. The summed E-state index contributed by atoms with van der Waals surface area (Å²) in [4.78, 5) is 47.6. The van der Waals surface area contributed by atoms with E-state index in [9.17, 15) is 41.0 Å². The summed E-state index contributed by atoms with van der Waals surface area (Å²) in [6, 6.07) is 15.0. The summed E-state index contributed by atoms with van der Waals surface area (Å²) in [6.45, 7) is 3.67. The van der Waals surface area contributed by atoms with Crippen LogP contribution in [0.4, 0.5) is 26.3 Å². The van der Waals surface area contributed by atoms with Crippen LogP contribution in [0.25, 0.3) is 10.9 Å². The number of benzene rings is 2. The lowest BCUT2D eigenvalue weighted by atomic mass is 10.0. The molecule has 3 aromatic rings. The summed E-state index contributed by atoms with van der Waals surface area (Å²) >= 11 is 6.08. The number of carboxylic acid groups (broad SMARTS) is 2. The molecule has 294 valence electrons. The van der Waals surface area contributed by atoms with Crippen LogP contribution in [0.1, 0.15) is 56.1 Å². The number of phenols is 1. The number of H-pyrrole nitrogens is 1. The minimum atomic E-state index is -5.08. The molecule has 53 heavy (non-hydrogen) atoms. The largest absolute Gasteiger partial charge is 0.506 e. The highest BCUT2D eigenvalue weighted by Crippen LogP contribution is 2.25. The summed E-state index contributed by atoms with van der Waals surface area (Å²) in [5.74, 6) is -5.21. The summed E-state index contributed by atoms with van der Waals surface area (Å²) < 4.78 is 63.5. The quantitative estimate of drug-likeness (QED) is 0.0686. The molecule has 18 heteroatoms. The molecule has 1 aromatic heterocycles. The van der Waals surface area contributed by atoms with Gasteiger partial charge in [0.05, 0.1) is 5.52 Å². The molecule has 1 heterocycles. The summed E-state index contributed by atoms with van der Waals surface area (Å²) in [7, 11) is 0. The van der Waals surface area contributed by atoms with Gasteiger partial charge < -0.3 is 35.8 Å². The number of carbonyl (C=O) groups is 3. The highest BCUT2D eigenvalue weighted by atomic mass is 35.5. The zero-order chi connectivity index (χ0) is 39.6. The van der Waals surface area contributed by atoms with Gasteiger partial charge in [0.15, 0.2) is 0 Å². The number of aromatic amines is 1. The lowest BCUT2D eigenvalue weighted by molar-refractivity contribution is -0.193. The third kappa shape index (κ3) is 16.9. The van der Waals surface area contributed by atoms with Crippen LogP contribution in [0.3, 0.4) is 0 Å². The van der Waals surface area contributed by atoms with Crippen LogP contribution >= 0.6 is 11.6 Å². The molecule has 6 N–H and O–H groups in total. The van der Waals surface area contributed by atoms with Gasteiger partial charge in [-0.05, 0) is 74.2 Å². The predicted molar refractivity (Wildman–Crippen MR) is 186 cm³/mol. The number of nitrogens with one attached hydrogen (secondary N) is 3. The van der Waals surface area contributed by atoms with Crippen LogP contribution in [0.15, 0.2) is 53.3 Å². The van der Waals surface area contributed by atoms with E-state index < -0.39 is 24.3 Å². The number of aromatic nitrogens is 1. The van der Waals surface area contributed by atoms with Crippen LogP contribution in [0, 0.1) is 0 Å². The molecule has 0 bridgehead atoms. The Morgan fingerprint density at radius 2 is 1.40 bits per heavy atom. The molecule has 0 saturated heterocycles. The van der Waals surface area contributed by atoms with Crippen molar-refractivity contribution in [1.29, 1.82) is 0 Å². The predicted octanol–water partition coefficient (Wildman–Crippen LogP) is 6.06. The van der Waals surface area contributed by atoms with Crippen LogP contribution < -0.4 is 16.2 Å². The number of rotatable bonds is 13. The average molecular weight is 781 g/mol. The molecule has 4 rings (SSSR count). The molecule has 0 spiro atoms. The van der Waals surface area contributed by atoms with Gasteiger partial charge in [0.2, 0.25) is 11.5 Å². The molecule has 1 fully saturated rings. The average Bonchev–Trinajstić information content (AvgIpc) is 3.36. The van der Waals surface area contributed by atoms with Gasteiger partial charge in [-0.1, -0.05) is 55.5 Å². The highest BCUT2D eigenvalue weighted by molar-refractivity contribution is 6.30. The first-order valence-corrected chi connectivity index (χ1v) is 17.2. The Morgan fingerprint density at radius 3 is 1.98 bits per heavy atom. The standard InChI is InChI=1S/C31H41ClN4O3.2C2HF3O2/c32-25-7-5-6-23(22-25)14-17-33-19-16-30(39)36(26-8-3-1-2-4-9-26)21-20-34-18-15-24-10-12-28(37)31-27(24)11-13-29(38)35-31;2*3-2(4,5)1(6)7/h5-7,10-13,22,26,33-34,37H,1-4,8-9,14-21H2,(H,35,38);2*(H,6,7). The van der Waals surface area contributed by atoms with Gasteiger partial charge in [-0.25, -0.2) is 9.59 Å². The van der Waals surface area contributed by atoms with E-state index >= 15 is 0 Å². The zero-order valence-electron chi connectivity index (χ0n) is 28.7. The van der Waals surface area contributed by atoms with Crippen LogP contribution in [0.5, 0.6) is 5.75 Å².